The number of halogens is 4. The second kappa shape index (κ2) is 5.06. The van der Waals surface area contributed by atoms with E-state index in [2.05, 4.69) is 0 Å². The highest BCUT2D eigenvalue weighted by atomic mass is 19.4. The highest BCUT2D eigenvalue weighted by Crippen LogP contribution is 2.32. The summed E-state index contributed by atoms with van der Waals surface area (Å²) in [6.07, 6.45) is -4.82. The van der Waals surface area contributed by atoms with E-state index in [0.717, 1.165) is 6.07 Å². The number of benzene rings is 1. The number of hydrogen-bond acceptors (Lipinski definition) is 2. The van der Waals surface area contributed by atoms with Gasteiger partial charge in [0.15, 0.2) is 5.78 Å². The van der Waals surface area contributed by atoms with Crippen molar-refractivity contribution in [3.63, 3.8) is 0 Å². The normalized spacial score (nSPS) is 15.3. The van der Waals surface area contributed by atoms with Crippen LogP contribution in [0.3, 0.4) is 0 Å². The van der Waals surface area contributed by atoms with Gasteiger partial charge in [0.2, 0.25) is 0 Å². The van der Waals surface area contributed by atoms with E-state index >= 15 is 0 Å². The van der Waals surface area contributed by atoms with Gasteiger partial charge in [-0.05, 0) is 25.1 Å². The van der Waals surface area contributed by atoms with Crippen molar-refractivity contribution in [3.05, 3.63) is 35.1 Å². The fourth-order valence-electron chi connectivity index (χ4n) is 1.40. The smallest absolute Gasteiger partial charge is 0.327 e. The van der Waals surface area contributed by atoms with Gasteiger partial charge in [0.1, 0.15) is 5.82 Å². The maximum Gasteiger partial charge on any atom is 0.419 e. The number of alkyl halides is 3. The van der Waals surface area contributed by atoms with Crippen LogP contribution < -0.4 is 5.73 Å². The van der Waals surface area contributed by atoms with Crippen LogP contribution in [0, 0.1) is 11.7 Å². The third-order valence-electron chi connectivity index (χ3n) is 2.76. The van der Waals surface area contributed by atoms with Crippen molar-refractivity contribution >= 4 is 5.78 Å². The summed E-state index contributed by atoms with van der Waals surface area (Å²) in [7, 11) is 0. The fourth-order valence-corrected chi connectivity index (χ4v) is 1.40. The van der Waals surface area contributed by atoms with Gasteiger partial charge in [-0.2, -0.15) is 13.2 Å². The number of rotatable bonds is 3. The molecule has 0 saturated carbocycles. The average molecular weight is 263 g/mol. The third-order valence-corrected chi connectivity index (χ3v) is 2.76. The highest BCUT2D eigenvalue weighted by molar-refractivity contribution is 5.98. The first-order chi connectivity index (χ1) is 8.14. The molecule has 0 saturated heterocycles. The van der Waals surface area contributed by atoms with Gasteiger partial charge in [0.05, 0.1) is 5.56 Å². The lowest BCUT2D eigenvalue weighted by Gasteiger charge is -2.15. The summed E-state index contributed by atoms with van der Waals surface area (Å²) in [6, 6.07) is 1.71. The summed E-state index contributed by atoms with van der Waals surface area (Å²) in [5.74, 6) is -2.56. The molecule has 2 unspecified atom stereocenters. The van der Waals surface area contributed by atoms with Gasteiger partial charge >= 0.3 is 6.18 Å². The van der Waals surface area contributed by atoms with Gasteiger partial charge in [-0.15, -0.1) is 0 Å². The van der Waals surface area contributed by atoms with Crippen LogP contribution >= 0.6 is 0 Å². The predicted octanol–water partition coefficient (Wildman–Crippen LogP) is 3.01. The van der Waals surface area contributed by atoms with Crippen LogP contribution in [-0.2, 0) is 6.18 Å². The quantitative estimate of drug-likeness (QED) is 0.673. The number of carbonyl (C=O) groups is 1. The molecule has 0 bridgehead atoms. The molecule has 0 radical (unpaired) electrons. The molecule has 100 valence electrons. The van der Waals surface area contributed by atoms with Crippen molar-refractivity contribution in [1.82, 2.24) is 0 Å². The lowest BCUT2D eigenvalue weighted by atomic mass is 9.93. The maximum atomic E-state index is 13.0. The second-order valence-corrected chi connectivity index (χ2v) is 4.20. The van der Waals surface area contributed by atoms with Gasteiger partial charge in [0.25, 0.3) is 0 Å². The molecule has 0 amide bonds. The Morgan fingerprint density at radius 2 is 1.83 bits per heavy atom. The van der Waals surface area contributed by atoms with Gasteiger partial charge in [-0.25, -0.2) is 4.39 Å². The summed E-state index contributed by atoms with van der Waals surface area (Å²) >= 11 is 0. The molecular formula is C12H13F4NO. The largest absolute Gasteiger partial charge is 0.419 e. The summed E-state index contributed by atoms with van der Waals surface area (Å²) in [4.78, 5) is 11.8. The van der Waals surface area contributed by atoms with Crippen LogP contribution in [0.4, 0.5) is 17.6 Å². The molecule has 1 rings (SSSR count). The van der Waals surface area contributed by atoms with Crippen molar-refractivity contribution in [2.45, 2.75) is 26.1 Å². The molecule has 0 aliphatic rings. The topological polar surface area (TPSA) is 43.1 Å². The molecule has 0 aliphatic heterocycles. The zero-order valence-corrected chi connectivity index (χ0v) is 9.88. The average Bonchev–Trinajstić information content (AvgIpc) is 2.26. The Balaban J connectivity index is 3.17. The van der Waals surface area contributed by atoms with Crippen molar-refractivity contribution in [2.75, 3.05) is 0 Å². The molecule has 0 fully saturated rings. The molecule has 0 aliphatic carbocycles. The number of carbonyl (C=O) groups excluding carboxylic acids is 1. The van der Waals surface area contributed by atoms with E-state index in [1.165, 1.54) is 6.92 Å². The SMILES string of the molecule is CC(N)C(C)C(=O)c1ccc(F)c(C(F)(F)F)c1. The number of nitrogens with two attached hydrogens (primary N) is 1. The first kappa shape index (κ1) is 14.6. The maximum absolute atomic E-state index is 13.0. The Bertz CT molecular complexity index is 454. The summed E-state index contributed by atoms with van der Waals surface area (Å²) in [5, 5.41) is 0. The van der Waals surface area contributed by atoms with Gasteiger partial charge in [-0.3, -0.25) is 4.79 Å². The summed E-state index contributed by atoms with van der Waals surface area (Å²) in [5.41, 5.74) is 3.88. The molecule has 0 spiro atoms. The number of Topliss-reactive ketones (excluding diaryl/α,β-unsaturated/α-hetero) is 1. The minimum absolute atomic E-state index is 0.187. The van der Waals surface area contributed by atoms with E-state index in [4.69, 9.17) is 5.73 Å². The first-order valence-electron chi connectivity index (χ1n) is 5.31. The van der Waals surface area contributed by atoms with Crippen molar-refractivity contribution in [2.24, 2.45) is 11.7 Å². The standard InChI is InChI=1S/C12H13F4NO/c1-6(7(2)17)11(18)8-3-4-10(13)9(5-8)12(14,15)16/h3-7H,17H2,1-2H3. The van der Waals surface area contributed by atoms with Crippen LogP contribution in [0.5, 0.6) is 0 Å². The molecule has 2 N–H and O–H groups in total. The molecule has 6 heteroatoms. The van der Waals surface area contributed by atoms with Crippen LogP contribution in [-0.4, -0.2) is 11.8 Å². The molecule has 1 aromatic rings. The zero-order chi connectivity index (χ0) is 14.1. The third kappa shape index (κ3) is 3.07. The predicted molar refractivity (Wildman–Crippen MR) is 58.5 cm³/mol. The molecule has 0 aromatic heterocycles. The molecule has 0 heterocycles. The molecule has 2 atom stereocenters. The zero-order valence-electron chi connectivity index (χ0n) is 9.88. The fraction of sp³-hybridized carbons (Fsp3) is 0.417. The summed E-state index contributed by atoms with van der Waals surface area (Å²) in [6.45, 7) is 3.10. The van der Waals surface area contributed by atoms with Gasteiger partial charge in [0, 0.05) is 17.5 Å². The molecule has 1 aromatic carbocycles. The van der Waals surface area contributed by atoms with E-state index in [0.29, 0.717) is 12.1 Å². The molecule has 18 heavy (non-hydrogen) atoms. The Morgan fingerprint density at radius 1 is 1.28 bits per heavy atom. The minimum Gasteiger partial charge on any atom is -0.327 e. The van der Waals surface area contributed by atoms with E-state index < -0.39 is 35.3 Å². The second-order valence-electron chi connectivity index (χ2n) is 4.20. The first-order valence-corrected chi connectivity index (χ1v) is 5.31. The van der Waals surface area contributed by atoms with Gasteiger partial charge in [-0.1, -0.05) is 6.92 Å². The Hall–Kier alpha value is -1.43. The van der Waals surface area contributed by atoms with Crippen molar-refractivity contribution in [3.8, 4) is 0 Å². The van der Waals surface area contributed by atoms with E-state index in [-0.39, 0.29) is 5.56 Å². The van der Waals surface area contributed by atoms with E-state index in [9.17, 15) is 22.4 Å². The van der Waals surface area contributed by atoms with Crippen LogP contribution in [0.1, 0.15) is 29.8 Å². The monoisotopic (exact) mass is 263 g/mol. The van der Waals surface area contributed by atoms with Gasteiger partial charge < -0.3 is 5.73 Å². The Kier molecular flexibility index (Phi) is 4.11. The number of hydrogen-bond donors (Lipinski definition) is 1. The van der Waals surface area contributed by atoms with Crippen LogP contribution in [0.15, 0.2) is 18.2 Å². The Morgan fingerprint density at radius 3 is 2.28 bits per heavy atom. The summed E-state index contributed by atoms with van der Waals surface area (Å²) < 4.78 is 50.5. The molecule has 2 nitrogen and oxygen atoms in total. The molecular weight excluding hydrogens is 250 g/mol. The minimum atomic E-state index is -4.82. The van der Waals surface area contributed by atoms with Crippen LogP contribution in [0.25, 0.3) is 0 Å². The van der Waals surface area contributed by atoms with E-state index in [1.54, 1.807) is 6.92 Å². The Labute approximate surface area is 102 Å². The lowest BCUT2D eigenvalue weighted by Crippen LogP contribution is -2.30. The van der Waals surface area contributed by atoms with Crippen molar-refractivity contribution in [1.29, 1.82) is 0 Å². The lowest BCUT2D eigenvalue weighted by molar-refractivity contribution is -0.140. The van der Waals surface area contributed by atoms with Crippen molar-refractivity contribution < 1.29 is 22.4 Å². The van der Waals surface area contributed by atoms with Crippen LogP contribution in [0.2, 0.25) is 0 Å². The van der Waals surface area contributed by atoms with E-state index in [1.807, 2.05) is 0 Å². The highest BCUT2D eigenvalue weighted by Gasteiger charge is 2.35. The number of ketones is 1.